The molecule has 122 valence electrons. The summed E-state index contributed by atoms with van der Waals surface area (Å²) >= 11 is 12.3. The van der Waals surface area contributed by atoms with Gasteiger partial charge >= 0.3 is 0 Å². The van der Waals surface area contributed by atoms with Gasteiger partial charge in [-0.05, 0) is 35.9 Å². The molecule has 24 heavy (non-hydrogen) atoms. The molecule has 0 heterocycles. The number of hydrogen-bond donors (Lipinski definition) is 1. The van der Waals surface area contributed by atoms with E-state index in [9.17, 15) is 0 Å². The number of nitrogens with one attached hydrogen (secondary N) is 1. The zero-order chi connectivity index (χ0) is 16.8. The maximum Gasteiger partial charge on any atom is 0.120 e. The topological polar surface area (TPSA) is 21.3 Å². The van der Waals surface area contributed by atoms with Crippen LogP contribution in [0.3, 0.4) is 0 Å². The van der Waals surface area contributed by atoms with E-state index in [1.165, 1.54) is 0 Å². The van der Waals surface area contributed by atoms with Crippen LogP contribution in [0.15, 0.2) is 72.8 Å². The van der Waals surface area contributed by atoms with Gasteiger partial charge in [0.1, 0.15) is 12.4 Å². The Morgan fingerprint density at radius 1 is 0.792 bits per heavy atom. The smallest absolute Gasteiger partial charge is 0.120 e. The third kappa shape index (κ3) is 4.44. The Balaban J connectivity index is 1.62. The number of benzene rings is 3. The van der Waals surface area contributed by atoms with E-state index in [4.69, 9.17) is 27.9 Å². The van der Waals surface area contributed by atoms with Crippen molar-refractivity contribution in [1.29, 1.82) is 0 Å². The lowest BCUT2D eigenvalue weighted by molar-refractivity contribution is 0.306. The van der Waals surface area contributed by atoms with Crippen molar-refractivity contribution < 1.29 is 4.74 Å². The van der Waals surface area contributed by atoms with Gasteiger partial charge in [0.2, 0.25) is 0 Å². The van der Waals surface area contributed by atoms with Gasteiger partial charge in [-0.2, -0.15) is 0 Å². The number of hydrogen-bond acceptors (Lipinski definition) is 2. The Morgan fingerprint density at radius 2 is 1.54 bits per heavy atom. The van der Waals surface area contributed by atoms with E-state index in [2.05, 4.69) is 5.32 Å². The molecular weight excluding hydrogens is 341 g/mol. The highest BCUT2D eigenvalue weighted by Gasteiger charge is 2.03. The average molecular weight is 358 g/mol. The van der Waals surface area contributed by atoms with E-state index in [-0.39, 0.29) is 0 Å². The van der Waals surface area contributed by atoms with Crippen molar-refractivity contribution in [1.82, 2.24) is 0 Å². The molecule has 3 aromatic carbocycles. The summed E-state index contributed by atoms with van der Waals surface area (Å²) in [6.07, 6.45) is 0. The van der Waals surface area contributed by atoms with Crippen molar-refractivity contribution in [2.75, 3.05) is 5.32 Å². The van der Waals surface area contributed by atoms with Gasteiger partial charge in [-0.15, -0.1) is 0 Å². The lowest BCUT2D eigenvalue weighted by atomic mass is 10.2. The molecule has 0 saturated carbocycles. The fraction of sp³-hybridized carbons (Fsp3) is 0.100. The first-order valence-corrected chi connectivity index (χ1v) is 8.41. The van der Waals surface area contributed by atoms with E-state index < -0.39 is 0 Å². The maximum atomic E-state index is 6.15. The highest BCUT2D eigenvalue weighted by molar-refractivity contribution is 6.33. The minimum absolute atomic E-state index is 0.446. The Bertz CT molecular complexity index is 755. The summed E-state index contributed by atoms with van der Waals surface area (Å²) in [5, 5.41) is 4.76. The van der Waals surface area contributed by atoms with Crippen LogP contribution in [0.25, 0.3) is 0 Å². The molecule has 0 aliphatic rings. The van der Waals surface area contributed by atoms with Crippen molar-refractivity contribution in [2.24, 2.45) is 0 Å². The number of halogens is 2. The summed E-state index contributed by atoms with van der Waals surface area (Å²) in [7, 11) is 0. The molecule has 0 fully saturated rings. The summed E-state index contributed by atoms with van der Waals surface area (Å²) in [5.74, 6) is 0.813. The van der Waals surface area contributed by atoms with Crippen molar-refractivity contribution in [2.45, 2.75) is 13.2 Å². The second-order valence-electron chi connectivity index (χ2n) is 5.36. The first-order valence-electron chi connectivity index (χ1n) is 7.66. The third-order valence-corrected chi connectivity index (χ3v) is 4.31. The van der Waals surface area contributed by atoms with E-state index in [1.807, 2.05) is 72.8 Å². The number of anilines is 1. The average Bonchev–Trinajstić information content (AvgIpc) is 2.61. The summed E-state index contributed by atoms with van der Waals surface area (Å²) < 4.78 is 5.85. The molecule has 0 aliphatic heterocycles. The second-order valence-corrected chi connectivity index (χ2v) is 6.18. The zero-order valence-electron chi connectivity index (χ0n) is 13.0. The van der Waals surface area contributed by atoms with Gasteiger partial charge in [0.25, 0.3) is 0 Å². The molecule has 0 radical (unpaired) electrons. The zero-order valence-corrected chi connectivity index (χ0v) is 14.5. The Hall–Kier alpha value is -2.16. The van der Waals surface area contributed by atoms with Crippen molar-refractivity contribution >= 4 is 28.9 Å². The van der Waals surface area contributed by atoms with Crippen LogP contribution in [0.5, 0.6) is 5.75 Å². The predicted octanol–water partition coefficient (Wildman–Crippen LogP) is 6.18. The molecule has 0 aromatic heterocycles. The second kappa shape index (κ2) is 8.09. The normalized spacial score (nSPS) is 10.4. The van der Waals surface area contributed by atoms with Crippen LogP contribution in [0.4, 0.5) is 5.69 Å². The van der Waals surface area contributed by atoms with Gasteiger partial charge in [0.05, 0.1) is 10.7 Å². The molecule has 0 spiro atoms. The first-order chi connectivity index (χ1) is 11.7. The van der Waals surface area contributed by atoms with Crippen molar-refractivity contribution in [3.63, 3.8) is 0 Å². The molecule has 0 unspecified atom stereocenters. The first kappa shape index (κ1) is 16.7. The maximum absolute atomic E-state index is 6.15. The summed E-state index contributed by atoms with van der Waals surface area (Å²) in [4.78, 5) is 0. The van der Waals surface area contributed by atoms with Gasteiger partial charge in [-0.3, -0.25) is 0 Å². The fourth-order valence-electron chi connectivity index (χ4n) is 2.32. The van der Waals surface area contributed by atoms with Crippen molar-refractivity contribution in [3.05, 3.63) is 94.0 Å². The van der Waals surface area contributed by atoms with E-state index in [0.717, 1.165) is 22.6 Å². The van der Waals surface area contributed by atoms with E-state index in [0.29, 0.717) is 23.2 Å². The molecule has 0 atom stereocenters. The van der Waals surface area contributed by atoms with E-state index >= 15 is 0 Å². The van der Waals surface area contributed by atoms with Crippen LogP contribution in [-0.4, -0.2) is 0 Å². The van der Waals surface area contributed by atoms with Crippen LogP contribution >= 0.6 is 23.2 Å². The molecule has 0 bridgehead atoms. The number of rotatable bonds is 6. The van der Waals surface area contributed by atoms with Crippen LogP contribution in [0, 0.1) is 0 Å². The van der Waals surface area contributed by atoms with Gasteiger partial charge < -0.3 is 10.1 Å². The summed E-state index contributed by atoms with van der Waals surface area (Å²) in [6, 6.07) is 23.4. The summed E-state index contributed by atoms with van der Waals surface area (Å²) in [5.41, 5.74) is 3.01. The highest BCUT2D eigenvalue weighted by atomic mass is 35.5. The molecule has 2 nitrogen and oxygen atoms in total. The van der Waals surface area contributed by atoms with Gasteiger partial charge in [0.15, 0.2) is 0 Å². The molecule has 0 saturated heterocycles. The monoisotopic (exact) mass is 357 g/mol. The molecule has 3 aromatic rings. The Kier molecular flexibility index (Phi) is 5.63. The lowest BCUT2D eigenvalue weighted by Crippen LogP contribution is -2.01. The van der Waals surface area contributed by atoms with Gasteiger partial charge in [-0.25, -0.2) is 0 Å². The third-order valence-electron chi connectivity index (χ3n) is 3.61. The molecular formula is C20H17Cl2NO. The van der Waals surface area contributed by atoms with Gasteiger partial charge in [0, 0.05) is 17.1 Å². The van der Waals surface area contributed by atoms with E-state index in [1.54, 1.807) is 0 Å². The minimum atomic E-state index is 0.446. The number of para-hydroxylation sites is 1. The Labute approximate surface area is 152 Å². The van der Waals surface area contributed by atoms with Crippen LogP contribution < -0.4 is 10.1 Å². The molecule has 1 N–H and O–H groups in total. The van der Waals surface area contributed by atoms with Gasteiger partial charge in [-0.1, -0.05) is 65.7 Å². The quantitative estimate of drug-likeness (QED) is 0.568. The van der Waals surface area contributed by atoms with Crippen LogP contribution in [-0.2, 0) is 13.2 Å². The van der Waals surface area contributed by atoms with Crippen LogP contribution in [0.2, 0.25) is 10.0 Å². The Morgan fingerprint density at radius 3 is 2.33 bits per heavy atom. The highest BCUT2D eigenvalue weighted by Crippen LogP contribution is 2.23. The minimum Gasteiger partial charge on any atom is -0.489 e. The fourth-order valence-corrected chi connectivity index (χ4v) is 2.72. The summed E-state index contributed by atoms with van der Waals surface area (Å²) in [6.45, 7) is 1.12. The van der Waals surface area contributed by atoms with Crippen LogP contribution in [0.1, 0.15) is 11.1 Å². The molecule has 0 aliphatic carbocycles. The predicted molar refractivity (Wildman–Crippen MR) is 101 cm³/mol. The molecule has 0 amide bonds. The SMILES string of the molecule is Clc1ccccc1COc1cccc(CNc2ccccc2Cl)c1. The largest absolute Gasteiger partial charge is 0.489 e. The standard InChI is InChI=1S/C20H17Cl2NO/c21-18-9-2-1-7-16(18)14-24-17-8-5-6-15(12-17)13-23-20-11-4-3-10-19(20)22/h1-12,23H,13-14H2. The molecule has 3 rings (SSSR count). The molecule has 4 heteroatoms. The number of ether oxygens (including phenoxy) is 1. The lowest BCUT2D eigenvalue weighted by Gasteiger charge is -2.11. The van der Waals surface area contributed by atoms with Crippen molar-refractivity contribution in [3.8, 4) is 5.75 Å².